The normalized spacial score (nSPS) is 18.8. The third-order valence-electron chi connectivity index (χ3n) is 3.91. The molecule has 6 heteroatoms. The molecule has 3 rings (SSSR count). The zero-order chi connectivity index (χ0) is 16.4. The molecule has 2 heterocycles. The second-order valence-corrected chi connectivity index (χ2v) is 6.45. The average molecular weight is 354 g/mol. The molecule has 1 N–H and O–H groups in total. The zero-order valence-corrected chi connectivity index (χ0v) is 14.2. The fourth-order valence-electron chi connectivity index (χ4n) is 2.66. The van der Waals surface area contributed by atoms with Gasteiger partial charge in [-0.05, 0) is 50.1 Å². The lowest BCUT2D eigenvalue weighted by Gasteiger charge is -2.19. The second kappa shape index (κ2) is 6.95. The lowest BCUT2D eigenvalue weighted by atomic mass is 10.1. The maximum absolute atomic E-state index is 12.3. The van der Waals surface area contributed by atoms with Gasteiger partial charge in [-0.1, -0.05) is 23.2 Å². The first kappa shape index (κ1) is 16.4. The summed E-state index contributed by atoms with van der Waals surface area (Å²) in [5.41, 5.74) is 0.658. The van der Waals surface area contributed by atoms with Crippen LogP contribution < -0.4 is 5.32 Å². The molecule has 2 aromatic rings. The van der Waals surface area contributed by atoms with E-state index in [4.69, 9.17) is 32.4 Å². The minimum atomic E-state index is -0.266. The molecule has 1 aromatic carbocycles. The summed E-state index contributed by atoms with van der Waals surface area (Å²) in [5.74, 6) is 0.478. The third-order valence-corrected chi connectivity index (χ3v) is 4.47. The summed E-state index contributed by atoms with van der Waals surface area (Å²) >= 11 is 12.1. The second-order valence-electron chi connectivity index (χ2n) is 5.60. The van der Waals surface area contributed by atoms with Gasteiger partial charge in [-0.2, -0.15) is 0 Å². The summed E-state index contributed by atoms with van der Waals surface area (Å²) < 4.78 is 11.2. The van der Waals surface area contributed by atoms with Crippen LogP contribution in [0.15, 0.2) is 34.7 Å². The van der Waals surface area contributed by atoms with Gasteiger partial charge in [-0.3, -0.25) is 4.79 Å². The average Bonchev–Trinajstić information content (AvgIpc) is 3.20. The minimum Gasteiger partial charge on any atom is -0.451 e. The van der Waals surface area contributed by atoms with Crippen molar-refractivity contribution in [2.75, 3.05) is 6.61 Å². The van der Waals surface area contributed by atoms with E-state index >= 15 is 0 Å². The van der Waals surface area contributed by atoms with Crippen molar-refractivity contribution in [1.82, 2.24) is 5.32 Å². The monoisotopic (exact) mass is 353 g/mol. The largest absolute Gasteiger partial charge is 0.451 e. The van der Waals surface area contributed by atoms with E-state index in [9.17, 15) is 4.79 Å². The van der Waals surface area contributed by atoms with Gasteiger partial charge in [0.05, 0.1) is 17.2 Å². The zero-order valence-electron chi connectivity index (χ0n) is 12.6. The molecule has 1 aliphatic rings. The Labute approximate surface area is 144 Å². The quantitative estimate of drug-likeness (QED) is 0.876. The highest BCUT2D eigenvalue weighted by Crippen LogP contribution is 2.31. The molecule has 1 fully saturated rings. The highest BCUT2D eigenvalue weighted by Gasteiger charge is 2.25. The van der Waals surface area contributed by atoms with E-state index in [0.717, 1.165) is 19.4 Å². The summed E-state index contributed by atoms with van der Waals surface area (Å²) in [6.45, 7) is 2.69. The van der Waals surface area contributed by atoms with Crippen molar-refractivity contribution in [3.8, 4) is 11.3 Å². The minimum absolute atomic E-state index is 0.0618. The molecule has 0 spiro atoms. The van der Waals surface area contributed by atoms with E-state index < -0.39 is 0 Å². The fourth-order valence-corrected chi connectivity index (χ4v) is 3.04. The molecule has 23 heavy (non-hydrogen) atoms. The van der Waals surface area contributed by atoms with Crippen molar-refractivity contribution in [2.24, 2.45) is 0 Å². The standard InChI is InChI=1S/C17H17Cl2NO3/c1-10(14-3-2-8-22-14)20-17(21)16-7-6-15(23-16)12-9-11(18)4-5-13(12)19/h4-7,9-10,14H,2-3,8H2,1H3,(H,20,21)/t10-,14-/m1/s1. The van der Waals surface area contributed by atoms with Crippen LogP contribution in [0.4, 0.5) is 0 Å². The van der Waals surface area contributed by atoms with Crippen LogP contribution in [0.1, 0.15) is 30.3 Å². The van der Waals surface area contributed by atoms with Gasteiger partial charge >= 0.3 is 0 Å². The molecular formula is C17H17Cl2NO3. The van der Waals surface area contributed by atoms with E-state index in [1.54, 1.807) is 30.3 Å². The van der Waals surface area contributed by atoms with Crippen molar-refractivity contribution >= 4 is 29.1 Å². The summed E-state index contributed by atoms with van der Waals surface area (Å²) in [6.07, 6.45) is 2.06. The van der Waals surface area contributed by atoms with Crippen molar-refractivity contribution in [1.29, 1.82) is 0 Å². The van der Waals surface area contributed by atoms with Crippen LogP contribution in [0.2, 0.25) is 10.0 Å². The van der Waals surface area contributed by atoms with Crippen LogP contribution in [-0.2, 0) is 4.74 Å². The van der Waals surface area contributed by atoms with Crippen molar-refractivity contribution in [3.05, 3.63) is 46.1 Å². The van der Waals surface area contributed by atoms with Crippen LogP contribution in [0.3, 0.4) is 0 Å². The van der Waals surface area contributed by atoms with Crippen LogP contribution in [-0.4, -0.2) is 24.7 Å². The molecule has 1 amide bonds. The number of amides is 1. The van der Waals surface area contributed by atoms with Gasteiger partial charge in [0.1, 0.15) is 5.76 Å². The Morgan fingerprint density at radius 1 is 1.30 bits per heavy atom. The molecule has 2 atom stereocenters. The van der Waals surface area contributed by atoms with Gasteiger partial charge < -0.3 is 14.5 Å². The first-order valence-corrected chi connectivity index (χ1v) is 8.28. The third kappa shape index (κ3) is 3.71. The van der Waals surface area contributed by atoms with Crippen LogP contribution >= 0.6 is 23.2 Å². The number of hydrogen-bond donors (Lipinski definition) is 1. The van der Waals surface area contributed by atoms with Crippen molar-refractivity contribution < 1.29 is 13.9 Å². The molecular weight excluding hydrogens is 337 g/mol. The Kier molecular flexibility index (Phi) is 4.95. The number of nitrogens with one attached hydrogen (secondary N) is 1. The maximum atomic E-state index is 12.3. The lowest BCUT2D eigenvalue weighted by molar-refractivity contribution is 0.0697. The van der Waals surface area contributed by atoms with Crippen LogP contribution in [0, 0.1) is 0 Å². The van der Waals surface area contributed by atoms with Gasteiger partial charge in [-0.15, -0.1) is 0 Å². The van der Waals surface area contributed by atoms with Gasteiger partial charge in [0.15, 0.2) is 5.76 Å². The van der Waals surface area contributed by atoms with Crippen LogP contribution in [0.25, 0.3) is 11.3 Å². The molecule has 0 saturated carbocycles. The number of benzene rings is 1. The number of carbonyl (C=O) groups is 1. The topological polar surface area (TPSA) is 51.5 Å². The lowest BCUT2D eigenvalue weighted by Crippen LogP contribution is -2.40. The molecule has 0 bridgehead atoms. The summed E-state index contributed by atoms with van der Waals surface area (Å²) in [5, 5.41) is 3.98. The smallest absolute Gasteiger partial charge is 0.287 e. The van der Waals surface area contributed by atoms with Gasteiger partial charge in [0, 0.05) is 17.2 Å². The number of halogens is 2. The molecule has 0 unspecified atom stereocenters. The molecule has 4 nitrogen and oxygen atoms in total. The molecule has 0 aliphatic carbocycles. The summed E-state index contributed by atoms with van der Waals surface area (Å²) in [4.78, 5) is 12.3. The van der Waals surface area contributed by atoms with E-state index in [0.29, 0.717) is 21.4 Å². The van der Waals surface area contributed by atoms with E-state index in [2.05, 4.69) is 5.32 Å². The fraction of sp³-hybridized carbons (Fsp3) is 0.353. The van der Waals surface area contributed by atoms with E-state index in [-0.39, 0.29) is 23.8 Å². The molecule has 0 radical (unpaired) electrons. The van der Waals surface area contributed by atoms with E-state index in [1.807, 2.05) is 6.92 Å². The van der Waals surface area contributed by atoms with Crippen molar-refractivity contribution in [2.45, 2.75) is 31.9 Å². The molecule has 1 saturated heterocycles. The Morgan fingerprint density at radius 2 is 2.13 bits per heavy atom. The predicted octanol–water partition coefficient (Wildman–Crippen LogP) is 4.55. The number of rotatable bonds is 4. The molecule has 1 aliphatic heterocycles. The molecule has 122 valence electrons. The van der Waals surface area contributed by atoms with Gasteiger partial charge in [-0.25, -0.2) is 0 Å². The summed E-state index contributed by atoms with van der Waals surface area (Å²) in [6, 6.07) is 8.38. The Hall–Kier alpha value is -1.49. The Balaban J connectivity index is 1.73. The number of furan rings is 1. The Morgan fingerprint density at radius 3 is 2.87 bits per heavy atom. The molecule has 1 aromatic heterocycles. The van der Waals surface area contributed by atoms with Crippen LogP contribution in [0.5, 0.6) is 0 Å². The first-order valence-electron chi connectivity index (χ1n) is 7.52. The van der Waals surface area contributed by atoms with E-state index in [1.165, 1.54) is 0 Å². The maximum Gasteiger partial charge on any atom is 0.287 e. The number of carbonyl (C=O) groups excluding carboxylic acids is 1. The highest BCUT2D eigenvalue weighted by molar-refractivity contribution is 6.35. The number of ether oxygens (including phenoxy) is 1. The summed E-state index contributed by atoms with van der Waals surface area (Å²) in [7, 11) is 0. The highest BCUT2D eigenvalue weighted by atomic mass is 35.5. The Bertz CT molecular complexity index is 708. The SMILES string of the molecule is C[C@@H](NC(=O)c1ccc(-c2cc(Cl)ccc2Cl)o1)[C@H]1CCCO1. The van der Waals surface area contributed by atoms with Gasteiger partial charge in [0.25, 0.3) is 5.91 Å². The number of hydrogen-bond acceptors (Lipinski definition) is 3. The van der Waals surface area contributed by atoms with Gasteiger partial charge in [0.2, 0.25) is 0 Å². The predicted molar refractivity (Wildman–Crippen MR) is 90.1 cm³/mol. The first-order chi connectivity index (χ1) is 11.0. The van der Waals surface area contributed by atoms with Crippen molar-refractivity contribution in [3.63, 3.8) is 0 Å².